The van der Waals surface area contributed by atoms with E-state index in [1.807, 2.05) is 0 Å². The first-order valence-electron chi connectivity index (χ1n) is 7.29. The molecule has 1 amide bonds. The Morgan fingerprint density at radius 2 is 2.04 bits per heavy atom. The number of hydrogen-bond donors (Lipinski definition) is 1. The number of nitro groups is 1. The molecule has 8 nitrogen and oxygen atoms in total. The monoisotopic (exact) mass is 382 g/mol. The van der Waals surface area contributed by atoms with Gasteiger partial charge in [-0.25, -0.2) is 9.18 Å². The number of nitrogens with zero attached hydrogens (tertiary/aromatic N) is 1. The molecule has 0 unspecified atom stereocenters. The van der Waals surface area contributed by atoms with E-state index >= 15 is 0 Å². The third-order valence-electron chi connectivity index (χ3n) is 3.51. The summed E-state index contributed by atoms with van der Waals surface area (Å²) in [5, 5.41) is 13.7. The first-order chi connectivity index (χ1) is 12.2. The van der Waals surface area contributed by atoms with Crippen LogP contribution in [0.15, 0.2) is 18.2 Å². The number of benzene rings is 1. The largest absolute Gasteiger partial charge is 0.477 e. The van der Waals surface area contributed by atoms with E-state index in [1.165, 1.54) is 18.4 Å². The molecule has 1 aromatic heterocycles. The first-order valence-corrected chi connectivity index (χ1v) is 8.11. The van der Waals surface area contributed by atoms with E-state index < -0.39 is 34.9 Å². The second kappa shape index (κ2) is 7.91. The van der Waals surface area contributed by atoms with E-state index in [0.29, 0.717) is 5.56 Å². The summed E-state index contributed by atoms with van der Waals surface area (Å²) in [4.78, 5) is 35.0. The summed E-state index contributed by atoms with van der Waals surface area (Å²) in [6.45, 7) is 2.91. The minimum absolute atomic E-state index is 0.236. The number of anilines is 1. The normalized spacial score (nSPS) is 10.3. The van der Waals surface area contributed by atoms with E-state index in [0.717, 1.165) is 23.1 Å². The van der Waals surface area contributed by atoms with Crippen LogP contribution in [0.5, 0.6) is 5.75 Å². The Labute approximate surface area is 151 Å². The van der Waals surface area contributed by atoms with Gasteiger partial charge in [0.2, 0.25) is 5.75 Å². The Morgan fingerprint density at radius 3 is 2.65 bits per heavy atom. The van der Waals surface area contributed by atoms with Crippen molar-refractivity contribution in [2.24, 2.45) is 0 Å². The van der Waals surface area contributed by atoms with Crippen molar-refractivity contribution in [3.8, 4) is 5.75 Å². The van der Waals surface area contributed by atoms with E-state index in [-0.39, 0.29) is 16.3 Å². The molecule has 1 N–H and O–H groups in total. The summed E-state index contributed by atoms with van der Waals surface area (Å²) in [5.74, 6) is -2.35. The van der Waals surface area contributed by atoms with Crippen molar-refractivity contribution in [3.05, 3.63) is 50.1 Å². The second-order valence-electron chi connectivity index (χ2n) is 5.18. The van der Waals surface area contributed by atoms with Gasteiger partial charge in [0.05, 0.1) is 17.6 Å². The van der Waals surface area contributed by atoms with Gasteiger partial charge in [-0.1, -0.05) is 0 Å². The molecule has 0 aliphatic carbocycles. The summed E-state index contributed by atoms with van der Waals surface area (Å²) in [6.07, 6.45) is 0. The van der Waals surface area contributed by atoms with Crippen molar-refractivity contribution in [1.29, 1.82) is 0 Å². The highest BCUT2D eigenvalue weighted by Gasteiger charge is 2.22. The predicted octanol–water partition coefficient (Wildman–Crippen LogP) is 3.22. The maximum Gasteiger partial charge on any atom is 0.341 e. The van der Waals surface area contributed by atoms with Gasteiger partial charge in [0.15, 0.2) is 6.61 Å². The molecule has 0 spiro atoms. The number of thiophene rings is 1. The zero-order valence-corrected chi connectivity index (χ0v) is 14.9. The van der Waals surface area contributed by atoms with Gasteiger partial charge in [-0.15, -0.1) is 11.3 Å². The number of aryl methyl sites for hydroxylation is 1. The molecule has 2 rings (SSSR count). The minimum Gasteiger partial charge on any atom is -0.477 e. The zero-order valence-electron chi connectivity index (χ0n) is 14.1. The average Bonchev–Trinajstić information content (AvgIpc) is 2.86. The standard InChI is InChI=1S/C16H15FN2O6S/c1-8-9(2)26-15(14(8)16(21)24-3)18-13(20)7-25-12-6-10(17)4-5-11(12)19(22)23/h4-6H,7H2,1-3H3,(H,18,20). The molecule has 0 saturated carbocycles. The number of nitrogens with one attached hydrogen (secondary N) is 1. The topological polar surface area (TPSA) is 108 Å². The van der Waals surface area contributed by atoms with Gasteiger partial charge in [0.25, 0.3) is 5.91 Å². The Balaban J connectivity index is 2.14. The first kappa shape index (κ1) is 19.3. The van der Waals surface area contributed by atoms with Crippen LogP contribution < -0.4 is 10.1 Å². The van der Waals surface area contributed by atoms with Crippen LogP contribution in [0.3, 0.4) is 0 Å². The fourth-order valence-electron chi connectivity index (χ4n) is 2.12. The van der Waals surface area contributed by atoms with Crippen LogP contribution in [0.4, 0.5) is 15.1 Å². The zero-order chi connectivity index (χ0) is 19.4. The van der Waals surface area contributed by atoms with Crippen LogP contribution in [0.25, 0.3) is 0 Å². The summed E-state index contributed by atoms with van der Waals surface area (Å²) >= 11 is 1.19. The quantitative estimate of drug-likeness (QED) is 0.467. The number of methoxy groups -OCH3 is 1. The highest BCUT2D eigenvalue weighted by Crippen LogP contribution is 2.33. The summed E-state index contributed by atoms with van der Waals surface area (Å²) in [6, 6.07) is 2.69. The van der Waals surface area contributed by atoms with Crippen molar-refractivity contribution in [2.45, 2.75) is 13.8 Å². The number of halogens is 1. The number of ether oxygens (including phenoxy) is 2. The Bertz CT molecular complexity index is 880. The highest BCUT2D eigenvalue weighted by atomic mass is 32.1. The van der Waals surface area contributed by atoms with Crippen LogP contribution in [0, 0.1) is 29.8 Å². The number of esters is 1. The molecule has 0 aliphatic heterocycles. The van der Waals surface area contributed by atoms with Crippen molar-refractivity contribution < 1.29 is 28.4 Å². The third-order valence-corrected chi connectivity index (χ3v) is 4.63. The fraction of sp³-hybridized carbons (Fsp3) is 0.250. The molecule has 138 valence electrons. The number of hydrogen-bond acceptors (Lipinski definition) is 7. The minimum atomic E-state index is -0.742. The lowest BCUT2D eigenvalue weighted by atomic mass is 10.1. The molecule has 0 bridgehead atoms. The maximum absolute atomic E-state index is 13.3. The number of carbonyl (C=O) groups is 2. The van der Waals surface area contributed by atoms with Crippen LogP contribution in [0.1, 0.15) is 20.8 Å². The Hall–Kier alpha value is -3.01. The van der Waals surface area contributed by atoms with E-state index in [1.54, 1.807) is 13.8 Å². The van der Waals surface area contributed by atoms with E-state index in [2.05, 4.69) is 5.32 Å². The molecule has 2 aromatic rings. The van der Waals surface area contributed by atoms with Gasteiger partial charge >= 0.3 is 11.7 Å². The van der Waals surface area contributed by atoms with Gasteiger partial charge in [0.1, 0.15) is 10.8 Å². The molecule has 1 heterocycles. The van der Waals surface area contributed by atoms with Crippen molar-refractivity contribution in [2.75, 3.05) is 19.0 Å². The molecule has 0 atom stereocenters. The Morgan fingerprint density at radius 1 is 1.35 bits per heavy atom. The van der Waals surface area contributed by atoms with Gasteiger partial charge in [-0.2, -0.15) is 0 Å². The van der Waals surface area contributed by atoms with Crippen LogP contribution in [-0.4, -0.2) is 30.5 Å². The molecule has 10 heteroatoms. The predicted molar refractivity (Wildman–Crippen MR) is 92.3 cm³/mol. The van der Waals surface area contributed by atoms with Crippen LogP contribution in [-0.2, 0) is 9.53 Å². The number of rotatable bonds is 6. The Kier molecular flexibility index (Phi) is 5.88. The highest BCUT2D eigenvalue weighted by molar-refractivity contribution is 7.16. The maximum atomic E-state index is 13.3. The van der Waals surface area contributed by atoms with Gasteiger partial charge in [-0.05, 0) is 25.5 Å². The third kappa shape index (κ3) is 4.14. The molecule has 1 aromatic carbocycles. The molecule has 0 aliphatic rings. The second-order valence-corrected chi connectivity index (χ2v) is 6.41. The molecule has 0 radical (unpaired) electrons. The SMILES string of the molecule is COC(=O)c1c(NC(=O)COc2cc(F)ccc2[N+](=O)[O-])sc(C)c1C. The molecule has 0 fully saturated rings. The molecular weight excluding hydrogens is 367 g/mol. The molecule has 0 saturated heterocycles. The van der Waals surface area contributed by atoms with E-state index in [9.17, 15) is 24.1 Å². The van der Waals surface area contributed by atoms with E-state index in [4.69, 9.17) is 9.47 Å². The smallest absolute Gasteiger partial charge is 0.341 e. The van der Waals surface area contributed by atoms with Crippen molar-refractivity contribution >= 4 is 33.9 Å². The lowest BCUT2D eigenvalue weighted by molar-refractivity contribution is -0.385. The van der Waals surface area contributed by atoms with Gasteiger partial charge in [-0.3, -0.25) is 14.9 Å². The number of carbonyl (C=O) groups excluding carboxylic acids is 2. The lowest BCUT2D eigenvalue weighted by Crippen LogP contribution is -2.21. The van der Waals surface area contributed by atoms with Gasteiger partial charge < -0.3 is 14.8 Å². The fourth-order valence-corrected chi connectivity index (χ4v) is 3.19. The van der Waals surface area contributed by atoms with Crippen molar-refractivity contribution in [3.63, 3.8) is 0 Å². The number of amides is 1. The molecule has 26 heavy (non-hydrogen) atoms. The van der Waals surface area contributed by atoms with Gasteiger partial charge in [0, 0.05) is 17.0 Å². The van der Waals surface area contributed by atoms with Crippen molar-refractivity contribution in [1.82, 2.24) is 0 Å². The average molecular weight is 382 g/mol. The summed E-state index contributed by atoms with van der Waals surface area (Å²) in [5.41, 5.74) is 0.455. The molecular formula is C16H15FN2O6S. The lowest BCUT2D eigenvalue weighted by Gasteiger charge is -2.08. The van der Waals surface area contributed by atoms with Crippen LogP contribution >= 0.6 is 11.3 Å². The van der Waals surface area contributed by atoms with Crippen LogP contribution in [0.2, 0.25) is 0 Å². The summed E-state index contributed by atoms with van der Waals surface area (Å²) in [7, 11) is 1.23. The summed E-state index contributed by atoms with van der Waals surface area (Å²) < 4.78 is 23.0. The number of nitro benzene ring substituents is 1.